The first-order valence-electron chi connectivity index (χ1n) is 6.87. The van der Waals surface area contributed by atoms with E-state index >= 15 is 0 Å². The Bertz CT molecular complexity index is 641. The first-order chi connectivity index (χ1) is 10.6. The van der Waals surface area contributed by atoms with Crippen molar-refractivity contribution in [2.45, 2.75) is 13.5 Å². The van der Waals surface area contributed by atoms with Gasteiger partial charge >= 0.3 is 0 Å². The van der Waals surface area contributed by atoms with E-state index in [-0.39, 0.29) is 12.5 Å². The molecule has 0 radical (unpaired) electrons. The molecule has 0 saturated heterocycles. The topological polar surface area (TPSA) is 47.6 Å². The largest absolute Gasteiger partial charge is 0.497 e. The molecule has 0 fully saturated rings. The minimum atomic E-state index is -0.176. The van der Waals surface area contributed by atoms with Gasteiger partial charge < -0.3 is 14.8 Å². The molecule has 0 spiro atoms. The number of nitrogens with one attached hydrogen (secondary N) is 1. The summed E-state index contributed by atoms with van der Waals surface area (Å²) in [5.74, 6) is 1.27. The number of benzene rings is 2. The molecule has 116 valence electrons. The minimum absolute atomic E-state index is 0.0291. The number of carbonyl (C=O) groups is 1. The number of carbonyl (C=O) groups excluding carboxylic acids is 1. The second-order valence-electron chi connectivity index (χ2n) is 4.82. The fraction of sp³-hybridized carbons (Fsp3) is 0.235. The smallest absolute Gasteiger partial charge is 0.258 e. The van der Waals surface area contributed by atoms with Crippen molar-refractivity contribution in [1.29, 1.82) is 0 Å². The van der Waals surface area contributed by atoms with Gasteiger partial charge in [-0.25, -0.2) is 0 Å². The summed E-state index contributed by atoms with van der Waals surface area (Å²) in [6.45, 7) is 2.31. The van der Waals surface area contributed by atoms with Crippen LogP contribution in [0.5, 0.6) is 11.5 Å². The average Bonchev–Trinajstić information content (AvgIpc) is 2.52. The van der Waals surface area contributed by atoms with Gasteiger partial charge in [-0.05, 0) is 48.4 Å². The summed E-state index contributed by atoms with van der Waals surface area (Å²) >= 11 is 5.88. The van der Waals surface area contributed by atoms with Gasteiger partial charge in [-0.3, -0.25) is 4.79 Å². The van der Waals surface area contributed by atoms with Crippen molar-refractivity contribution in [3.63, 3.8) is 0 Å². The Balaban J connectivity index is 1.80. The van der Waals surface area contributed by atoms with Gasteiger partial charge in [-0.1, -0.05) is 23.7 Å². The van der Waals surface area contributed by atoms with E-state index in [1.54, 1.807) is 25.3 Å². The van der Waals surface area contributed by atoms with Crippen LogP contribution >= 0.6 is 11.6 Å². The summed E-state index contributed by atoms with van der Waals surface area (Å²) in [4.78, 5) is 11.8. The van der Waals surface area contributed by atoms with Crippen LogP contribution < -0.4 is 14.8 Å². The number of aryl methyl sites for hydroxylation is 1. The van der Waals surface area contributed by atoms with E-state index in [1.807, 2.05) is 31.2 Å². The average molecular weight is 320 g/mol. The second kappa shape index (κ2) is 7.71. The third-order valence-corrected chi connectivity index (χ3v) is 3.38. The quantitative estimate of drug-likeness (QED) is 0.888. The molecule has 0 atom stereocenters. The summed E-state index contributed by atoms with van der Waals surface area (Å²) in [7, 11) is 1.62. The van der Waals surface area contributed by atoms with E-state index in [0.29, 0.717) is 17.3 Å². The zero-order valence-electron chi connectivity index (χ0n) is 12.6. The highest BCUT2D eigenvalue weighted by atomic mass is 35.5. The molecule has 0 aliphatic carbocycles. The maximum absolute atomic E-state index is 11.8. The lowest BCUT2D eigenvalue weighted by Gasteiger charge is -2.10. The molecule has 0 unspecified atom stereocenters. The number of rotatable bonds is 6. The highest BCUT2D eigenvalue weighted by Crippen LogP contribution is 2.21. The predicted octanol–water partition coefficient (Wildman–Crippen LogP) is 3.35. The maximum Gasteiger partial charge on any atom is 0.258 e. The van der Waals surface area contributed by atoms with Crippen LogP contribution in [-0.2, 0) is 11.3 Å². The van der Waals surface area contributed by atoms with Gasteiger partial charge in [-0.15, -0.1) is 0 Å². The Labute approximate surface area is 135 Å². The Morgan fingerprint density at radius 3 is 2.55 bits per heavy atom. The molecule has 5 heteroatoms. The van der Waals surface area contributed by atoms with Crippen LogP contribution in [0.1, 0.15) is 11.1 Å². The molecule has 0 bridgehead atoms. The van der Waals surface area contributed by atoms with E-state index < -0.39 is 0 Å². The molecule has 0 aliphatic rings. The van der Waals surface area contributed by atoms with E-state index in [1.165, 1.54) is 0 Å². The van der Waals surface area contributed by atoms with Crippen LogP contribution in [0.3, 0.4) is 0 Å². The van der Waals surface area contributed by atoms with E-state index in [0.717, 1.165) is 16.9 Å². The number of ether oxygens (including phenoxy) is 2. The van der Waals surface area contributed by atoms with Gasteiger partial charge in [0.25, 0.3) is 5.91 Å². The van der Waals surface area contributed by atoms with Gasteiger partial charge in [0.05, 0.1) is 7.11 Å². The van der Waals surface area contributed by atoms with Gasteiger partial charge in [-0.2, -0.15) is 0 Å². The third-order valence-electron chi connectivity index (χ3n) is 3.14. The third kappa shape index (κ3) is 4.67. The number of halogens is 1. The van der Waals surface area contributed by atoms with Crippen molar-refractivity contribution >= 4 is 17.5 Å². The van der Waals surface area contributed by atoms with Crippen LogP contribution in [-0.4, -0.2) is 19.6 Å². The molecule has 4 nitrogen and oxygen atoms in total. The molecule has 2 aromatic rings. The first-order valence-corrected chi connectivity index (χ1v) is 7.25. The van der Waals surface area contributed by atoms with E-state index in [9.17, 15) is 4.79 Å². The molecule has 22 heavy (non-hydrogen) atoms. The first kappa shape index (κ1) is 16.2. The lowest BCUT2D eigenvalue weighted by atomic mass is 10.2. The van der Waals surface area contributed by atoms with Crippen LogP contribution in [0, 0.1) is 6.92 Å². The monoisotopic (exact) mass is 319 g/mol. The molecule has 0 aromatic heterocycles. The highest BCUT2D eigenvalue weighted by molar-refractivity contribution is 6.30. The summed E-state index contributed by atoms with van der Waals surface area (Å²) in [6.07, 6.45) is 0. The number of hydrogen-bond acceptors (Lipinski definition) is 3. The van der Waals surface area contributed by atoms with Crippen LogP contribution in [0.4, 0.5) is 0 Å². The molecule has 0 heterocycles. The lowest BCUT2D eigenvalue weighted by molar-refractivity contribution is -0.123. The van der Waals surface area contributed by atoms with E-state index in [4.69, 9.17) is 21.1 Å². The fourth-order valence-corrected chi connectivity index (χ4v) is 2.14. The SMILES string of the molecule is COc1ccc(CNC(=O)COc2ccc(Cl)cc2C)cc1. The van der Waals surface area contributed by atoms with Crippen molar-refractivity contribution in [3.8, 4) is 11.5 Å². The van der Waals surface area contributed by atoms with Crippen LogP contribution in [0.2, 0.25) is 5.02 Å². The van der Waals surface area contributed by atoms with Gasteiger partial charge in [0.1, 0.15) is 11.5 Å². The Hall–Kier alpha value is -2.20. The highest BCUT2D eigenvalue weighted by Gasteiger charge is 2.05. The predicted molar refractivity (Wildman–Crippen MR) is 86.5 cm³/mol. The van der Waals surface area contributed by atoms with Crippen molar-refractivity contribution in [2.75, 3.05) is 13.7 Å². The van der Waals surface area contributed by atoms with E-state index in [2.05, 4.69) is 5.32 Å². The van der Waals surface area contributed by atoms with Crippen LogP contribution in [0.15, 0.2) is 42.5 Å². The summed E-state index contributed by atoms with van der Waals surface area (Å²) < 4.78 is 10.6. The second-order valence-corrected chi connectivity index (χ2v) is 5.26. The molecule has 1 N–H and O–H groups in total. The van der Waals surface area contributed by atoms with Gasteiger partial charge in [0, 0.05) is 11.6 Å². The Kier molecular flexibility index (Phi) is 5.67. The van der Waals surface area contributed by atoms with Crippen molar-refractivity contribution in [2.24, 2.45) is 0 Å². The standard InChI is InChI=1S/C17H18ClNO3/c1-12-9-14(18)5-8-16(12)22-11-17(20)19-10-13-3-6-15(21-2)7-4-13/h3-9H,10-11H2,1-2H3,(H,19,20). The van der Waals surface area contributed by atoms with Crippen molar-refractivity contribution < 1.29 is 14.3 Å². The van der Waals surface area contributed by atoms with Crippen molar-refractivity contribution in [3.05, 3.63) is 58.6 Å². The number of methoxy groups -OCH3 is 1. The number of hydrogen-bond donors (Lipinski definition) is 1. The zero-order valence-corrected chi connectivity index (χ0v) is 13.3. The Morgan fingerprint density at radius 2 is 1.91 bits per heavy atom. The number of amides is 1. The molecule has 2 rings (SSSR count). The summed E-state index contributed by atoms with van der Waals surface area (Å²) in [6, 6.07) is 12.8. The molecule has 0 saturated carbocycles. The molecule has 1 amide bonds. The van der Waals surface area contributed by atoms with Gasteiger partial charge in [0.2, 0.25) is 0 Å². The van der Waals surface area contributed by atoms with Crippen LogP contribution in [0.25, 0.3) is 0 Å². The van der Waals surface area contributed by atoms with Gasteiger partial charge in [0.15, 0.2) is 6.61 Å². The molecule has 0 aliphatic heterocycles. The molecule has 2 aromatic carbocycles. The molecular weight excluding hydrogens is 302 g/mol. The lowest BCUT2D eigenvalue weighted by Crippen LogP contribution is -2.28. The maximum atomic E-state index is 11.8. The van der Waals surface area contributed by atoms with Crippen molar-refractivity contribution in [1.82, 2.24) is 5.32 Å². The summed E-state index contributed by atoms with van der Waals surface area (Å²) in [5, 5.41) is 3.45. The zero-order chi connectivity index (χ0) is 15.9. The fourth-order valence-electron chi connectivity index (χ4n) is 1.91. The summed E-state index contributed by atoms with van der Waals surface area (Å²) in [5.41, 5.74) is 1.90. The normalized spacial score (nSPS) is 10.1. The molecular formula is C17H18ClNO3. The minimum Gasteiger partial charge on any atom is -0.497 e. The Morgan fingerprint density at radius 1 is 1.18 bits per heavy atom.